The molecule has 0 aromatic carbocycles. The van der Waals surface area contributed by atoms with Crippen molar-refractivity contribution >= 4 is 0 Å². The average Bonchev–Trinajstić information content (AvgIpc) is 3.05. The maximum Gasteiger partial charge on any atom is 0.216 e. The fraction of sp³-hybridized carbons (Fsp3) is 1.00. The Kier molecular flexibility index (Phi) is 44.0. The highest BCUT2D eigenvalue weighted by atomic mass is 16.7. The highest BCUT2D eigenvalue weighted by Crippen LogP contribution is 2.15. The number of aliphatic hydroxyl groups is 5. The van der Waals surface area contributed by atoms with Crippen LogP contribution in [0.1, 0.15) is 41.5 Å². The molecular formula is C32H70O16. The number of hydrogen-bond donors (Lipinski definition) is 5. The lowest BCUT2D eigenvalue weighted by Crippen LogP contribution is -2.47. The van der Waals surface area contributed by atoms with Crippen molar-refractivity contribution in [2.75, 3.05) is 139 Å². The van der Waals surface area contributed by atoms with Crippen LogP contribution < -0.4 is 0 Å². The molecule has 16 nitrogen and oxygen atoms in total. The van der Waals surface area contributed by atoms with Crippen LogP contribution in [0.25, 0.3) is 0 Å². The van der Waals surface area contributed by atoms with E-state index in [2.05, 4.69) is 0 Å². The smallest absolute Gasteiger partial charge is 0.216 e. The van der Waals surface area contributed by atoms with E-state index in [1.54, 1.807) is 7.11 Å². The minimum atomic E-state index is -1.24. The molecule has 0 radical (unpaired) electrons. The zero-order chi connectivity index (χ0) is 36.7. The van der Waals surface area contributed by atoms with Gasteiger partial charge < -0.3 is 77.6 Å². The van der Waals surface area contributed by atoms with Crippen molar-refractivity contribution in [2.24, 2.45) is 0 Å². The normalized spacial score (nSPS) is 12.3. The second kappa shape index (κ2) is 40.8. The molecule has 0 aliphatic rings. The van der Waals surface area contributed by atoms with E-state index in [9.17, 15) is 0 Å². The van der Waals surface area contributed by atoms with E-state index in [-0.39, 0.29) is 97.6 Å². The van der Waals surface area contributed by atoms with Crippen LogP contribution in [0.3, 0.4) is 0 Å². The van der Waals surface area contributed by atoms with E-state index in [0.717, 1.165) is 0 Å². The second-order valence-corrected chi connectivity index (χ2v) is 10.7. The molecule has 0 heterocycles. The Hall–Kier alpha value is -0.640. The molecule has 0 spiro atoms. The van der Waals surface area contributed by atoms with Gasteiger partial charge in [-0.3, -0.25) is 0 Å². The van der Waals surface area contributed by atoms with Crippen LogP contribution in [0.5, 0.6) is 0 Å². The van der Waals surface area contributed by atoms with Crippen LogP contribution in [0.15, 0.2) is 0 Å². The molecule has 1 atom stereocenters. The SMILES string of the molecule is CC(C)OCCOCC(COCCO)(OCCO)OCCO.CC(C)OCCOCC(COCCO)OCCO.COCCOC(C)C. The molecule has 0 saturated carbocycles. The van der Waals surface area contributed by atoms with Crippen molar-refractivity contribution in [3.05, 3.63) is 0 Å². The third-order valence-corrected chi connectivity index (χ3v) is 5.18. The van der Waals surface area contributed by atoms with Crippen molar-refractivity contribution in [3.63, 3.8) is 0 Å². The fourth-order valence-electron chi connectivity index (χ4n) is 3.14. The van der Waals surface area contributed by atoms with Gasteiger partial charge in [0.05, 0.1) is 137 Å². The van der Waals surface area contributed by atoms with E-state index < -0.39 is 5.79 Å². The number of methoxy groups -OCH3 is 1. The minimum Gasteiger partial charge on any atom is -0.394 e. The van der Waals surface area contributed by atoms with Gasteiger partial charge in [-0.1, -0.05) is 0 Å². The van der Waals surface area contributed by atoms with Gasteiger partial charge in [0, 0.05) is 7.11 Å². The number of aliphatic hydroxyl groups excluding tert-OH is 5. The fourth-order valence-corrected chi connectivity index (χ4v) is 3.14. The highest BCUT2D eigenvalue weighted by Gasteiger charge is 2.33. The molecule has 16 heteroatoms. The zero-order valence-corrected chi connectivity index (χ0v) is 30.7. The lowest BCUT2D eigenvalue weighted by Gasteiger charge is -2.33. The molecule has 0 aliphatic heterocycles. The zero-order valence-electron chi connectivity index (χ0n) is 30.7. The van der Waals surface area contributed by atoms with Gasteiger partial charge in [-0.05, 0) is 41.5 Å². The van der Waals surface area contributed by atoms with Gasteiger partial charge >= 0.3 is 0 Å². The summed E-state index contributed by atoms with van der Waals surface area (Å²) in [5, 5.41) is 43.9. The first-order valence-corrected chi connectivity index (χ1v) is 16.7. The Bertz CT molecular complexity index is 578. The largest absolute Gasteiger partial charge is 0.394 e. The predicted molar refractivity (Wildman–Crippen MR) is 178 cm³/mol. The van der Waals surface area contributed by atoms with Crippen LogP contribution in [0.4, 0.5) is 0 Å². The van der Waals surface area contributed by atoms with E-state index in [1.807, 2.05) is 41.5 Å². The Labute approximate surface area is 288 Å². The first-order chi connectivity index (χ1) is 23.1. The van der Waals surface area contributed by atoms with Gasteiger partial charge in [0.2, 0.25) is 5.79 Å². The summed E-state index contributed by atoms with van der Waals surface area (Å²) in [6.45, 7) is 16.0. The van der Waals surface area contributed by atoms with Crippen LogP contribution in [-0.2, 0) is 52.1 Å². The summed E-state index contributed by atoms with van der Waals surface area (Å²) >= 11 is 0. The number of hydrogen-bond acceptors (Lipinski definition) is 16. The van der Waals surface area contributed by atoms with Crippen LogP contribution in [-0.4, -0.2) is 195 Å². The topological polar surface area (TPSA) is 203 Å². The Morgan fingerprint density at radius 3 is 1.21 bits per heavy atom. The third kappa shape index (κ3) is 41.5. The van der Waals surface area contributed by atoms with Crippen molar-refractivity contribution in [3.8, 4) is 0 Å². The molecule has 0 aromatic rings. The lowest BCUT2D eigenvalue weighted by atomic mass is 10.3. The van der Waals surface area contributed by atoms with Crippen molar-refractivity contribution in [2.45, 2.75) is 71.7 Å². The molecule has 5 N–H and O–H groups in total. The number of rotatable bonds is 33. The van der Waals surface area contributed by atoms with E-state index in [4.69, 9.17) is 77.6 Å². The van der Waals surface area contributed by atoms with Gasteiger partial charge in [0.25, 0.3) is 0 Å². The average molecular weight is 711 g/mol. The second-order valence-electron chi connectivity index (χ2n) is 10.7. The van der Waals surface area contributed by atoms with E-state index in [1.165, 1.54) is 0 Å². The van der Waals surface area contributed by atoms with Gasteiger partial charge in [-0.15, -0.1) is 0 Å². The molecule has 0 aliphatic carbocycles. The van der Waals surface area contributed by atoms with Crippen LogP contribution in [0, 0.1) is 0 Å². The minimum absolute atomic E-state index is 0.0125. The maximum atomic E-state index is 8.93. The first-order valence-electron chi connectivity index (χ1n) is 16.7. The molecule has 0 rings (SSSR count). The molecule has 1 unspecified atom stereocenters. The summed E-state index contributed by atoms with van der Waals surface area (Å²) < 4.78 is 58.3. The number of ether oxygens (including phenoxy) is 11. The highest BCUT2D eigenvalue weighted by molar-refractivity contribution is 4.70. The van der Waals surface area contributed by atoms with E-state index in [0.29, 0.717) is 59.0 Å². The van der Waals surface area contributed by atoms with Crippen molar-refractivity contribution in [1.82, 2.24) is 0 Å². The molecule has 0 amide bonds. The summed E-state index contributed by atoms with van der Waals surface area (Å²) in [6.07, 6.45) is 0.411. The van der Waals surface area contributed by atoms with Gasteiger partial charge in [0.1, 0.15) is 19.3 Å². The monoisotopic (exact) mass is 710 g/mol. The quantitative estimate of drug-likeness (QED) is 0.0450. The predicted octanol–water partition coefficient (Wildman–Crippen LogP) is 0.0232. The summed E-state index contributed by atoms with van der Waals surface area (Å²) in [4.78, 5) is 0. The van der Waals surface area contributed by atoms with E-state index >= 15 is 0 Å². The third-order valence-electron chi connectivity index (χ3n) is 5.18. The van der Waals surface area contributed by atoms with Crippen LogP contribution >= 0.6 is 0 Å². The standard InChI is InChI=1S/C14H30O8.C12H26O6.C6H14O2/c1-13(2)20-10-9-19-12-14(21-7-4-16,22-8-5-17)11-18-6-3-15;1-11(2)17-8-7-16-10-12(18-6-4-14)9-15-5-3-13;1-6(2)8-5-4-7-3/h13,15-17H,3-12H2,1-2H3;11-14H,3-10H2,1-2H3;6H,4-5H2,1-3H3. The molecular weight excluding hydrogens is 640 g/mol. The van der Waals surface area contributed by atoms with Gasteiger partial charge in [-0.25, -0.2) is 0 Å². The molecule has 294 valence electrons. The van der Waals surface area contributed by atoms with Crippen molar-refractivity contribution < 1.29 is 77.6 Å². The molecule has 0 saturated heterocycles. The Balaban J connectivity index is -0.000000697. The summed E-state index contributed by atoms with van der Waals surface area (Å²) in [5.74, 6) is -1.24. The van der Waals surface area contributed by atoms with Gasteiger partial charge in [0.15, 0.2) is 0 Å². The lowest BCUT2D eigenvalue weighted by molar-refractivity contribution is -0.287. The van der Waals surface area contributed by atoms with Crippen LogP contribution in [0.2, 0.25) is 0 Å². The van der Waals surface area contributed by atoms with Crippen molar-refractivity contribution in [1.29, 1.82) is 0 Å². The summed E-state index contributed by atoms with van der Waals surface area (Å²) in [5.41, 5.74) is 0. The Morgan fingerprint density at radius 1 is 0.417 bits per heavy atom. The first kappa shape index (κ1) is 51.7. The Morgan fingerprint density at radius 2 is 0.792 bits per heavy atom. The summed E-state index contributed by atoms with van der Waals surface area (Å²) in [6, 6.07) is 0. The molecule has 48 heavy (non-hydrogen) atoms. The molecule has 0 aromatic heterocycles. The summed E-state index contributed by atoms with van der Waals surface area (Å²) in [7, 11) is 1.67. The maximum absolute atomic E-state index is 8.93. The van der Waals surface area contributed by atoms with Gasteiger partial charge in [-0.2, -0.15) is 0 Å². The molecule has 0 bridgehead atoms. The molecule has 0 fully saturated rings.